The van der Waals surface area contributed by atoms with E-state index >= 15 is 0 Å². The van der Waals surface area contributed by atoms with Crippen LogP contribution in [0.3, 0.4) is 0 Å². The number of benzene rings is 1. The molecule has 34 heavy (non-hydrogen) atoms. The monoisotopic (exact) mass is 455 g/mol. The van der Waals surface area contributed by atoms with E-state index in [0.717, 1.165) is 52.9 Å². The van der Waals surface area contributed by atoms with Gasteiger partial charge in [-0.15, -0.1) is 0 Å². The molecule has 1 amide bonds. The van der Waals surface area contributed by atoms with Gasteiger partial charge in [-0.25, -0.2) is 0 Å². The largest absolute Gasteiger partial charge is 0.371 e. The Balaban J connectivity index is 0.00000133. The third kappa shape index (κ3) is 4.72. The van der Waals surface area contributed by atoms with Crippen molar-refractivity contribution in [3.05, 3.63) is 83.1 Å². The Morgan fingerprint density at radius 1 is 1.03 bits per heavy atom. The Morgan fingerprint density at radius 3 is 2.53 bits per heavy atom. The highest BCUT2D eigenvalue weighted by atomic mass is 16.2. The highest BCUT2D eigenvalue weighted by Crippen LogP contribution is 2.33. The standard InChI is InChI=1S/C26H27N5O.C2H6/c1-17(2)15-30-10-11-31(16-18(30)3)26(32)20-12-22-21(5-7-23(22)29-14-20)19-4-6-24-25(13-19)28-9-8-27-24;1-2/h4-6,8-9,12-15,18H,7,10-11,16H2,1-3H3;1-2H3. The molecule has 1 aliphatic carbocycles. The van der Waals surface area contributed by atoms with Crippen LogP contribution in [0.25, 0.3) is 16.6 Å². The first-order chi connectivity index (χ1) is 16.5. The summed E-state index contributed by atoms with van der Waals surface area (Å²) in [5, 5.41) is 0. The molecule has 0 radical (unpaired) electrons. The summed E-state index contributed by atoms with van der Waals surface area (Å²) in [6.45, 7) is 12.7. The molecule has 0 spiro atoms. The van der Waals surface area contributed by atoms with Crippen molar-refractivity contribution in [1.29, 1.82) is 0 Å². The second kappa shape index (κ2) is 10.2. The SMILES string of the molecule is CC.CC(C)=CN1CCN(C(=O)c2cnc3c(c2)C(c2ccc4nccnc4c2)=CC3)CC1C. The quantitative estimate of drug-likeness (QED) is 0.549. The molecule has 1 saturated heterocycles. The highest BCUT2D eigenvalue weighted by Gasteiger charge is 2.27. The number of carbonyl (C=O) groups is 1. The summed E-state index contributed by atoms with van der Waals surface area (Å²) in [6.07, 6.45) is 10.3. The molecule has 2 aliphatic rings. The second-order valence-electron chi connectivity index (χ2n) is 8.84. The van der Waals surface area contributed by atoms with Crippen molar-refractivity contribution in [3.63, 3.8) is 0 Å². The van der Waals surface area contributed by atoms with Crippen LogP contribution in [0.4, 0.5) is 0 Å². The zero-order valence-corrected chi connectivity index (χ0v) is 20.7. The summed E-state index contributed by atoms with van der Waals surface area (Å²) in [4.78, 5) is 31.0. The fraction of sp³-hybridized carbons (Fsp3) is 0.357. The van der Waals surface area contributed by atoms with E-state index < -0.39 is 0 Å². The zero-order chi connectivity index (χ0) is 24.2. The molecule has 1 unspecified atom stereocenters. The smallest absolute Gasteiger partial charge is 0.255 e. The molecule has 6 nitrogen and oxygen atoms in total. The van der Waals surface area contributed by atoms with Gasteiger partial charge in [0.2, 0.25) is 0 Å². The van der Waals surface area contributed by atoms with Gasteiger partial charge < -0.3 is 9.80 Å². The van der Waals surface area contributed by atoms with Gasteiger partial charge in [0.25, 0.3) is 5.91 Å². The number of hydrogen-bond donors (Lipinski definition) is 0. The molecule has 3 aromatic rings. The van der Waals surface area contributed by atoms with Crippen LogP contribution in [0, 0.1) is 0 Å². The highest BCUT2D eigenvalue weighted by molar-refractivity contribution is 5.96. The lowest BCUT2D eigenvalue weighted by Gasteiger charge is -2.39. The van der Waals surface area contributed by atoms with Crippen LogP contribution in [0.5, 0.6) is 0 Å². The van der Waals surface area contributed by atoms with E-state index in [2.05, 4.69) is 65.0 Å². The number of nitrogens with zero attached hydrogens (tertiary/aromatic N) is 5. The van der Waals surface area contributed by atoms with E-state index in [1.54, 1.807) is 18.6 Å². The van der Waals surface area contributed by atoms with Gasteiger partial charge in [-0.1, -0.05) is 31.6 Å². The molecular formula is C28H33N5O. The normalized spacial score (nSPS) is 17.0. The molecule has 2 aromatic heterocycles. The molecule has 6 heteroatoms. The van der Waals surface area contributed by atoms with Gasteiger partial charge in [0, 0.05) is 56.3 Å². The fourth-order valence-corrected chi connectivity index (χ4v) is 4.58. The lowest BCUT2D eigenvalue weighted by Crippen LogP contribution is -2.51. The Hall–Kier alpha value is -3.54. The molecule has 1 aromatic carbocycles. The lowest BCUT2D eigenvalue weighted by atomic mass is 9.99. The molecule has 1 fully saturated rings. The maximum Gasteiger partial charge on any atom is 0.255 e. The number of amides is 1. The maximum absolute atomic E-state index is 13.3. The molecule has 1 atom stereocenters. The number of fused-ring (bicyclic) bond motifs is 2. The summed E-state index contributed by atoms with van der Waals surface area (Å²) >= 11 is 0. The predicted octanol–water partition coefficient (Wildman–Crippen LogP) is 5.11. The second-order valence-corrected chi connectivity index (χ2v) is 8.84. The average molecular weight is 456 g/mol. The Labute approximate surface area is 202 Å². The molecule has 5 rings (SSSR count). The average Bonchev–Trinajstić information content (AvgIpc) is 3.29. The molecule has 0 bridgehead atoms. The van der Waals surface area contributed by atoms with Crippen molar-refractivity contribution < 1.29 is 4.79 Å². The Bertz CT molecular complexity index is 1260. The number of hydrogen-bond acceptors (Lipinski definition) is 5. The summed E-state index contributed by atoms with van der Waals surface area (Å²) in [6, 6.07) is 8.42. The number of piperazine rings is 1. The fourth-order valence-electron chi connectivity index (χ4n) is 4.58. The van der Waals surface area contributed by atoms with Crippen molar-refractivity contribution >= 4 is 22.5 Å². The van der Waals surface area contributed by atoms with Crippen molar-refractivity contribution in [2.75, 3.05) is 19.6 Å². The molecule has 1 aliphatic heterocycles. The number of carbonyl (C=O) groups excluding carboxylic acids is 1. The Morgan fingerprint density at radius 2 is 1.79 bits per heavy atom. The van der Waals surface area contributed by atoms with Crippen molar-refractivity contribution in [3.8, 4) is 0 Å². The van der Waals surface area contributed by atoms with E-state index in [1.165, 1.54) is 5.57 Å². The van der Waals surface area contributed by atoms with Gasteiger partial charge in [-0.05, 0) is 56.3 Å². The number of allylic oxidation sites excluding steroid dienone is 2. The maximum atomic E-state index is 13.3. The first kappa shape index (κ1) is 23.6. The lowest BCUT2D eigenvalue weighted by molar-refractivity contribution is 0.0603. The van der Waals surface area contributed by atoms with Crippen LogP contribution in [0.1, 0.15) is 61.8 Å². The molecule has 176 valence electrons. The minimum Gasteiger partial charge on any atom is -0.371 e. The minimum atomic E-state index is 0.0552. The van der Waals surface area contributed by atoms with Crippen molar-refractivity contribution in [2.45, 2.75) is 47.1 Å². The zero-order valence-electron chi connectivity index (χ0n) is 20.7. The molecule has 0 saturated carbocycles. The van der Waals surface area contributed by atoms with Crippen LogP contribution in [-0.4, -0.2) is 56.3 Å². The van der Waals surface area contributed by atoms with Gasteiger partial charge in [-0.2, -0.15) is 0 Å². The van der Waals surface area contributed by atoms with Crippen LogP contribution in [-0.2, 0) is 6.42 Å². The molecule has 0 N–H and O–H groups in total. The van der Waals surface area contributed by atoms with Gasteiger partial charge >= 0.3 is 0 Å². The molecule has 3 heterocycles. The van der Waals surface area contributed by atoms with Crippen LogP contribution in [0.15, 0.2) is 60.7 Å². The van der Waals surface area contributed by atoms with Gasteiger partial charge in [0.1, 0.15) is 0 Å². The summed E-state index contributed by atoms with van der Waals surface area (Å²) in [5.41, 5.74) is 7.90. The minimum absolute atomic E-state index is 0.0552. The summed E-state index contributed by atoms with van der Waals surface area (Å²) < 4.78 is 0. The van der Waals surface area contributed by atoms with E-state index in [9.17, 15) is 4.79 Å². The third-order valence-electron chi connectivity index (χ3n) is 6.18. The number of aromatic nitrogens is 3. The van der Waals surface area contributed by atoms with Gasteiger partial charge in [0.15, 0.2) is 0 Å². The molecular weight excluding hydrogens is 422 g/mol. The van der Waals surface area contributed by atoms with Gasteiger partial charge in [0.05, 0.1) is 22.3 Å². The first-order valence-corrected chi connectivity index (χ1v) is 12.1. The van der Waals surface area contributed by atoms with E-state index in [-0.39, 0.29) is 5.91 Å². The predicted molar refractivity (Wildman–Crippen MR) is 137 cm³/mol. The number of pyridine rings is 1. The van der Waals surface area contributed by atoms with E-state index in [0.29, 0.717) is 18.2 Å². The van der Waals surface area contributed by atoms with Crippen LogP contribution in [0.2, 0.25) is 0 Å². The summed E-state index contributed by atoms with van der Waals surface area (Å²) in [5.74, 6) is 0.0552. The van der Waals surface area contributed by atoms with Crippen LogP contribution >= 0.6 is 0 Å². The van der Waals surface area contributed by atoms with Gasteiger partial charge in [-0.3, -0.25) is 19.7 Å². The summed E-state index contributed by atoms with van der Waals surface area (Å²) in [7, 11) is 0. The Kier molecular flexibility index (Phi) is 7.06. The van der Waals surface area contributed by atoms with Crippen LogP contribution < -0.4 is 0 Å². The third-order valence-corrected chi connectivity index (χ3v) is 6.18. The van der Waals surface area contributed by atoms with Crippen molar-refractivity contribution in [1.82, 2.24) is 24.8 Å². The number of rotatable bonds is 3. The topological polar surface area (TPSA) is 62.2 Å². The first-order valence-electron chi connectivity index (χ1n) is 12.1. The van der Waals surface area contributed by atoms with E-state index in [1.807, 2.05) is 30.9 Å². The van der Waals surface area contributed by atoms with Crippen molar-refractivity contribution in [2.24, 2.45) is 0 Å². The van der Waals surface area contributed by atoms with E-state index in [4.69, 9.17) is 0 Å².